The average molecular weight is 393 g/mol. The standard InChI is InChI=1S/C19H29ClN6O/c1-3-4-17(21)18(25-19-22-11-14(20)12-23-19)13(2)24-15-9-16(10-15)26-5-7-27-8-6-26/h11-12,15-16,21,24H,3-10H2,1-2H3,(H,22,23,25)/b18-13+,21-17?. The number of nitrogens with one attached hydrogen (secondary N) is 3. The number of nitrogens with zero attached hydrogens (tertiary/aromatic N) is 3. The second kappa shape index (κ2) is 9.48. The van der Waals surface area contributed by atoms with E-state index in [1.165, 1.54) is 0 Å². The molecule has 2 fully saturated rings. The van der Waals surface area contributed by atoms with E-state index in [0.717, 1.165) is 57.0 Å². The molecule has 3 rings (SSSR count). The van der Waals surface area contributed by atoms with Crippen molar-refractivity contribution in [2.75, 3.05) is 31.6 Å². The van der Waals surface area contributed by atoms with Crippen LogP contribution in [0.3, 0.4) is 0 Å². The van der Waals surface area contributed by atoms with E-state index in [2.05, 4.69) is 32.4 Å². The lowest BCUT2D eigenvalue weighted by atomic mass is 9.85. The Hall–Kier alpha value is -1.70. The summed E-state index contributed by atoms with van der Waals surface area (Å²) >= 11 is 5.86. The van der Waals surface area contributed by atoms with Crippen molar-refractivity contribution in [2.45, 2.75) is 51.6 Å². The van der Waals surface area contributed by atoms with Crippen molar-refractivity contribution in [3.8, 4) is 0 Å². The second-order valence-electron chi connectivity index (χ2n) is 7.19. The van der Waals surface area contributed by atoms with Gasteiger partial charge in [-0.25, -0.2) is 9.97 Å². The van der Waals surface area contributed by atoms with E-state index in [0.29, 0.717) is 35.2 Å². The molecule has 0 unspecified atom stereocenters. The molecule has 1 saturated carbocycles. The number of morpholine rings is 1. The Morgan fingerprint density at radius 3 is 2.59 bits per heavy atom. The molecule has 1 aliphatic heterocycles. The molecule has 1 saturated heterocycles. The number of anilines is 1. The molecule has 1 aromatic heterocycles. The van der Waals surface area contributed by atoms with Gasteiger partial charge in [0, 0.05) is 30.9 Å². The molecule has 0 spiro atoms. The summed E-state index contributed by atoms with van der Waals surface area (Å²) in [6.45, 7) is 7.85. The largest absolute Gasteiger partial charge is 0.384 e. The highest BCUT2D eigenvalue weighted by Gasteiger charge is 2.34. The maximum Gasteiger partial charge on any atom is 0.227 e. The molecule has 8 heteroatoms. The quantitative estimate of drug-likeness (QED) is 0.589. The van der Waals surface area contributed by atoms with Gasteiger partial charge in [0.2, 0.25) is 5.95 Å². The lowest BCUT2D eigenvalue weighted by Crippen LogP contribution is -2.55. The molecule has 3 N–H and O–H groups in total. The van der Waals surface area contributed by atoms with Gasteiger partial charge in [0.1, 0.15) is 0 Å². The van der Waals surface area contributed by atoms with Crippen LogP contribution in [0.5, 0.6) is 0 Å². The summed E-state index contributed by atoms with van der Waals surface area (Å²) in [4.78, 5) is 10.9. The van der Waals surface area contributed by atoms with Gasteiger partial charge in [-0.1, -0.05) is 24.9 Å². The van der Waals surface area contributed by atoms with Crippen molar-refractivity contribution in [1.82, 2.24) is 20.2 Å². The van der Waals surface area contributed by atoms with E-state index >= 15 is 0 Å². The molecule has 0 aromatic carbocycles. The number of ether oxygens (including phenoxy) is 1. The van der Waals surface area contributed by atoms with Gasteiger partial charge in [-0.3, -0.25) is 4.90 Å². The average Bonchev–Trinajstić information content (AvgIpc) is 2.64. The van der Waals surface area contributed by atoms with Crippen molar-refractivity contribution >= 4 is 23.3 Å². The Labute approximate surface area is 166 Å². The fourth-order valence-corrected chi connectivity index (χ4v) is 3.68. The normalized spacial score (nSPS) is 24.0. The van der Waals surface area contributed by atoms with Crippen molar-refractivity contribution in [3.63, 3.8) is 0 Å². The van der Waals surface area contributed by atoms with Gasteiger partial charge in [0.25, 0.3) is 0 Å². The summed E-state index contributed by atoms with van der Waals surface area (Å²) in [6.07, 6.45) is 6.99. The monoisotopic (exact) mass is 392 g/mol. The molecule has 0 amide bonds. The van der Waals surface area contributed by atoms with Crippen LogP contribution in [-0.4, -0.2) is 59.0 Å². The number of allylic oxidation sites excluding steroid dienone is 2. The Bertz CT molecular complexity index is 665. The van der Waals surface area contributed by atoms with E-state index in [4.69, 9.17) is 21.7 Å². The van der Waals surface area contributed by atoms with Crippen LogP contribution in [-0.2, 0) is 4.74 Å². The molecule has 2 heterocycles. The topological polar surface area (TPSA) is 86.2 Å². The van der Waals surface area contributed by atoms with Crippen LogP contribution in [0.15, 0.2) is 23.8 Å². The summed E-state index contributed by atoms with van der Waals surface area (Å²) in [5.41, 5.74) is 2.29. The van der Waals surface area contributed by atoms with Gasteiger partial charge in [-0.15, -0.1) is 0 Å². The fourth-order valence-electron chi connectivity index (χ4n) is 3.58. The smallest absolute Gasteiger partial charge is 0.227 e. The first-order chi connectivity index (χ1) is 13.1. The summed E-state index contributed by atoms with van der Waals surface area (Å²) < 4.78 is 5.44. The fraction of sp³-hybridized carbons (Fsp3) is 0.632. The molecule has 1 aromatic rings. The van der Waals surface area contributed by atoms with Crippen LogP contribution in [0.25, 0.3) is 0 Å². The van der Waals surface area contributed by atoms with E-state index in [1.54, 1.807) is 12.4 Å². The third-order valence-electron chi connectivity index (χ3n) is 5.13. The van der Waals surface area contributed by atoms with Crippen molar-refractivity contribution in [3.05, 3.63) is 28.8 Å². The minimum absolute atomic E-state index is 0.440. The molecule has 148 valence electrons. The predicted molar refractivity (Wildman–Crippen MR) is 108 cm³/mol. The van der Waals surface area contributed by atoms with Crippen LogP contribution in [0.2, 0.25) is 5.02 Å². The van der Waals surface area contributed by atoms with Crippen molar-refractivity contribution in [2.24, 2.45) is 0 Å². The number of halogens is 1. The lowest BCUT2D eigenvalue weighted by Gasteiger charge is -2.45. The van der Waals surface area contributed by atoms with Crippen LogP contribution in [0.4, 0.5) is 5.95 Å². The van der Waals surface area contributed by atoms with Gasteiger partial charge in [-0.2, -0.15) is 0 Å². The van der Waals surface area contributed by atoms with Gasteiger partial charge in [-0.05, 0) is 26.2 Å². The maximum atomic E-state index is 8.42. The van der Waals surface area contributed by atoms with E-state index in [1.807, 2.05) is 6.92 Å². The third-order valence-corrected chi connectivity index (χ3v) is 5.32. The highest BCUT2D eigenvalue weighted by Crippen LogP contribution is 2.27. The molecular weight excluding hydrogens is 364 g/mol. The van der Waals surface area contributed by atoms with Crippen molar-refractivity contribution in [1.29, 1.82) is 5.41 Å². The molecule has 0 radical (unpaired) electrons. The van der Waals surface area contributed by atoms with Crippen molar-refractivity contribution < 1.29 is 4.74 Å². The zero-order valence-electron chi connectivity index (χ0n) is 16.1. The number of hydrogen-bond acceptors (Lipinski definition) is 7. The van der Waals surface area contributed by atoms with Gasteiger partial charge in [0.15, 0.2) is 0 Å². The highest BCUT2D eigenvalue weighted by molar-refractivity contribution is 6.30. The van der Waals surface area contributed by atoms with E-state index in [9.17, 15) is 0 Å². The third kappa shape index (κ3) is 5.40. The van der Waals surface area contributed by atoms with E-state index < -0.39 is 0 Å². The molecule has 27 heavy (non-hydrogen) atoms. The Kier molecular flexibility index (Phi) is 7.04. The zero-order valence-corrected chi connectivity index (χ0v) is 16.9. The first-order valence-electron chi connectivity index (χ1n) is 9.68. The predicted octanol–water partition coefficient (Wildman–Crippen LogP) is 3.05. The number of aromatic nitrogens is 2. The van der Waals surface area contributed by atoms with E-state index in [-0.39, 0.29) is 0 Å². The van der Waals surface area contributed by atoms with Gasteiger partial charge < -0.3 is 20.8 Å². The first kappa shape index (κ1) is 20.0. The summed E-state index contributed by atoms with van der Waals surface area (Å²) in [6, 6.07) is 1.08. The lowest BCUT2D eigenvalue weighted by molar-refractivity contribution is -0.00897. The summed E-state index contributed by atoms with van der Waals surface area (Å²) in [5.74, 6) is 0.455. The summed E-state index contributed by atoms with van der Waals surface area (Å²) in [7, 11) is 0. The second-order valence-corrected chi connectivity index (χ2v) is 7.63. The SMILES string of the molecule is CCCC(=N)/C(Nc1ncc(Cl)cn1)=C(/C)NC1CC(N2CCOCC2)C1. The Morgan fingerprint density at radius 1 is 1.30 bits per heavy atom. The molecule has 0 bridgehead atoms. The van der Waals surface area contributed by atoms with Crippen LogP contribution in [0, 0.1) is 5.41 Å². The Balaban J connectivity index is 1.62. The molecule has 2 aliphatic rings. The minimum atomic E-state index is 0.440. The maximum absolute atomic E-state index is 8.42. The first-order valence-corrected chi connectivity index (χ1v) is 10.1. The van der Waals surface area contributed by atoms with Crippen LogP contribution >= 0.6 is 11.6 Å². The highest BCUT2D eigenvalue weighted by atomic mass is 35.5. The van der Waals surface area contributed by atoms with Gasteiger partial charge in [0.05, 0.1) is 42.0 Å². The Morgan fingerprint density at radius 2 is 1.96 bits per heavy atom. The zero-order chi connectivity index (χ0) is 19.2. The molecular formula is C19H29ClN6O. The molecule has 1 aliphatic carbocycles. The summed E-state index contributed by atoms with van der Waals surface area (Å²) in [5, 5.41) is 15.7. The minimum Gasteiger partial charge on any atom is -0.384 e. The molecule has 0 atom stereocenters. The molecule has 7 nitrogen and oxygen atoms in total. The van der Waals surface area contributed by atoms with Crippen LogP contribution in [0.1, 0.15) is 39.5 Å². The van der Waals surface area contributed by atoms with Crippen LogP contribution < -0.4 is 10.6 Å². The van der Waals surface area contributed by atoms with Gasteiger partial charge >= 0.3 is 0 Å². The number of hydrogen-bond donors (Lipinski definition) is 3. The number of rotatable bonds is 8.